The van der Waals surface area contributed by atoms with Crippen molar-refractivity contribution in [3.8, 4) is 23.8 Å². The number of aliphatic hydroxyl groups excluding tert-OH is 1. The largest absolute Gasteiger partial charge is 0.497 e. The zero-order valence-corrected chi connectivity index (χ0v) is 15.8. The molecule has 0 saturated carbocycles. The maximum atomic E-state index is 10.2. The molecule has 0 heterocycles. The fraction of sp³-hybridized carbons (Fsp3) is 0.600. The molecule has 0 aliphatic rings. The zero-order valence-electron chi connectivity index (χ0n) is 15.8. The molecule has 0 fully saturated rings. The van der Waals surface area contributed by atoms with Crippen LogP contribution in [0.25, 0.3) is 0 Å². The monoisotopic (exact) mass is 349 g/mol. The number of terminal acetylenes is 1. The maximum Gasteiger partial charge on any atom is 0.122 e. The average molecular weight is 349 g/mol. The zero-order chi connectivity index (χ0) is 18.7. The van der Waals surface area contributed by atoms with Crippen LogP contribution in [0.5, 0.6) is 11.5 Å². The van der Waals surface area contributed by atoms with E-state index in [0.717, 1.165) is 30.0 Å². The van der Waals surface area contributed by atoms with E-state index in [1.165, 1.54) is 0 Å². The van der Waals surface area contributed by atoms with Gasteiger partial charge in [-0.05, 0) is 36.6 Å². The maximum absolute atomic E-state index is 10.2. The Hall–Kier alpha value is -1.74. The van der Waals surface area contributed by atoms with E-state index in [-0.39, 0.29) is 13.2 Å². The van der Waals surface area contributed by atoms with Crippen LogP contribution in [0.3, 0.4) is 0 Å². The molecule has 1 atom stereocenters. The third-order valence-electron chi connectivity index (χ3n) is 3.80. The lowest BCUT2D eigenvalue weighted by Crippen LogP contribution is -2.35. The van der Waals surface area contributed by atoms with Gasteiger partial charge in [0, 0.05) is 19.2 Å². The SMILES string of the molecule is C#CCOCC(O)CN(CCC(C)C)Cc1cc(OC)cc(OC)c1. The second-order valence-electron chi connectivity index (χ2n) is 6.51. The molecule has 1 aromatic rings. The summed E-state index contributed by atoms with van der Waals surface area (Å²) in [5, 5.41) is 10.2. The van der Waals surface area contributed by atoms with Gasteiger partial charge in [0.05, 0.1) is 26.9 Å². The first-order valence-corrected chi connectivity index (χ1v) is 8.62. The van der Waals surface area contributed by atoms with Gasteiger partial charge < -0.3 is 19.3 Å². The Morgan fingerprint density at radius 3 is 2.32 bits per heavy atom. The van der Waals surface area contributed by atoms with E-state index in [4.69, 9.17) is 20.6 Å². The Bertz CT molecular complexity index is 517. The standard InChI is InChI=1S/C20H31NO4/c1-6-9-25-15-18(22)14-21(8-7-16(2)3)13-17-10-19(23-4)12-20(11-17)24-5/h1,10-12,16,18,22H,7-9,13-15H2,2-5H3. The van der Waals surface area contributed by atoms with Crippen molar-refractivity contribution in [2.45, 2.75) is 32.9 Å². The summed E-state index contributed by atoms with van der Waals surface area (Å²) in [4.78, 5) is 2.22. The summed E-state index contributed by atoms with van der Waals surface area (Å²) in [6.07, 6.45) is 5.64. The number of hydrogen-bond donors (Lipinski definition) is 1. The van der Waals surface area contributed by atoms with Crippen molar-refractivity contribution in [3.63, 3.8) is 0 Å². The number of benzene rings is 1. The Morgan fingerprint density at radius 2 is 1.80 bits per heavy atom. The molecule has 0 amide bonds. The van der Waals surface area contributed by atoms with Crippen LogP contribution in [0.2, 0.25) is 0 Å². The van der Waals surface area contributed by atoms with E-state index in [9.17, 15) is 5.11 Å². The van der Waals surface area contributed by atoms with Crippen molar-refractivity contribution in [3.05, 3.63) is 23.8 Å². The molecule has 0 aliphatic heterocycles. The number of ether oxygens (including phenoxy) is 3. The predicted octanol–water partition coefficient (Wildman–Crippen LogP) is 2.56. The molecule has 0 bridgehead atoms. The Morgan fingerprint density at radius 1 is 1.16 bits per heavy atom. The van der Waals surface area contributed by atoms with Crippen LogP contribution in [0.1, 0.15) is 25.8 Å². The molecule has 0 spiro atoms. The highest BCUT2D eigenvalue weighted by molar-refractivity contribution is 5.38. The number of aliphatic hydroxyl groups is 1. The van der Waals surface area contributed by atoms with Crippen LogP contribution < -0.4 is 9.47 Å². The molecule has 5 nitrogen and oxygen atoms in total. The van der Waals surface area contributed by atoms with Crippen molar-refractivity contribution in [2.75, 3.05) is 40.5 Å². The minimum Gasteiger partial charge on any atom is -0.497 e. The molecular weight excluding hydrogens is 318 g/mol. The lowest BCUT2D eigenvalue weighted by atomic mass is 10.1. The quantitative estimate of drug-likeness (QED) is 0.464. The Kier molecular flexibility index (Phi) is 10.0. The van der Waals surface area contributed by atoms with E-state index in [1.807, 2.05) is 18.2 Å². The second-order valence-corrected chi connectivity index (χ2v) is 6.51. The van der Waals surface area contributed by atoms with Crippen molar-refractivity contribution in [1.82, 2.24) is 4.90 Å². The lowest BCUT2D eigenvalue weighted by molar-refractivity contribution is 0.0252. The van der Waals surface area contributed by atoms with Crippen molar-refractivity contribution < 1.29 is 19.3 Å². The molecule has 140 valence electrons. The molecule has 25 heavy (non-hydrogen) atoms. The smallest absolute Gasteiger partial charge is 0.122 e. The summed E-state index contributed by atoms with van der Waals surface area (Å²) in [6, 6.07) is 5.84. The van der Waals surface area contributed by atoms with Gasteiger partial charge in [-0.15, -0.1) is 6.42 Å². The minimum absolute atomic E-state index is 0.218. The molecule has 1 aromatic carbocycles. The van der Waals surface area contributed by atoms with Crippen LogP contribution in [0.15, 0.2) is 18.2 Å². The number of hydrogen-bond acceptors (Lipinski definition) is 5. The highest BCUT2D eigenvalue weighted by Crippen LogP contribution is 2.23. The first-order chi connectivity index (χ1) is 12.0. The van der Waals surface area contributed by atoms with Crippen LogP contribution in [-0.2, 0) is 11.3 Å². The first-order valence-electron chi connectivity index (χ1n) is 8.62. The van der Waals surface area contributed by atoms with E-state index in [0.29, 0.717) is 19.0 Å². The van der Waals surface area contributed by atoms with Gasteiger partial charge in [0.15, 0.2) is 0 Å². The van der Waals surface area contributed by atoms with E-state index < -0.39 is 6.10 Å². The van der Waals surface area contributed by atoms with Crippen molar-refractivity contribution >= 4 is 0 Å². The van der Waals surface area contributed by atoms with E-state index >= 15 is 0 Å². The fourth-order valence-electron chi connectivity index (χ4n) is 2.50. The fourth-order valence-corrected chi connectivity index (χ4v) is 2.50. The highest BCUT2D eigenvalue weighted by Gasteiger charge is 2.14. The lowest BCUT2D eigenvalue weighted by Gasteiger charge is -2.26. The highest BCUT2D eigenvalue weighted by atomic mass is 16.5. The van der Waals surface area contributed by atoms with Gasteiger partial charge in [0.2, 0.25) is 0 Å². The second kappa shape index (κ2) is 11.8. The summed E-state index contributed by atoms with van der Waals surface area (Å²) >= 11 is 0. The van der Waals surface area contributed by atoms with Crippen molar-refractivity contribution in [1.29, 1.82) is 0 Å². The molecule has 0 aromatic heterocycles. The van der Waals surface area contributed by atoms with Crippen LogP contribution in [0, 0.1) is 18.3 Å². The summed E-state index contributed by atoms with van der Waals surface area (Å²) in [7, 11) is 3.28. The average Bonchev–Trinajstić information content (AvgIpc) is 2.59. The molecule has 1 rings (SSSR count). The molecule has 1 N–H and O–H groups in total. The molecule has 0 saturated heterocycles. The van der Waals surface area contributed by atoms with Gasteiger partial charge in [0.25, 0.3) is 0 Å². The predicted molar refractivity (Wildman–Crippen MR) is 99.9 cm³/mol. The molecule has 0 aliphatic carbocycles. The minimum atomic E-state index is -0.576. The van der Waals surface area contributed by atoms with Crippen LogP contribution >= 0.6 is 0 Å². The number of methoxy groups -OCH3 is 2. The first kappa shape index (κ1) is 21.3. The van der Waals surface area contributed by atoms with Gasteiger partial charge in [-0.25, -0.2) is 0 Å². The van der Waals surface area contributed by atoms with Crippen LogP contribution in [-0.4, -0.2) is 56.6 Å². The topological polar surface area (TPSA) is 51.2 Å². The van der Waals surface area contributed by atoms with Gasteiger partial charge >= 0.3 is 0 Å². The summed E-state index contributed by atoms with van der Waals surface area (Å²) < 4.78 is 15.9. The summed E-state index contributed by atoms with van der Waals surface area (Å²) in [5.74, 6) is 4.52. The van der Waals surface area contributed by atoms with E-state index in [2.05, 4.69) is 24.7 Å². The third-order valence-corrected chi connectivity index (χ3v) is 3.80. The summed E-state index contributed by atoms with van der Waals surface area (Å²) in [6.45, 7) is 6.96. The number of rotatable bonds is 12. The molecule has 5 heteroatoms. The van der Waals surface area contributed by atoms with Crippen LogP contribution in [0.4, 0.5) is 0 Å². The van der Waals surface area contributed by atoms with Gasteiger partial charge in [-0.3, -0.25) is 4.90 Å². The number of nitrogens with zero attached hydrogens (tertiary/aromatic N) is 1. The summed E-state index contributed by atoms with van der Waals surface area (Å²) in [5.41, 5.74) is 1.08. The van der Waals surface area contributed by atoms with Crippen molar-refractivity contribution in [2.24, 2.45) is 5.92 Å². The van der Waals surface area contributed by atoms with Gasteiger partial charge in [-0.2, -0.15) is 0 Å². The molecule has 1 unspecified atom stereocenters. The van der Waals surface area contributed by atoms with E-state index in [1.54, 1.807) is 14.2 Å². The molecular formula is C20H31NO4. The normalized spacial score (nSPS) is 12.2. The Balaban J connectivity index is 2.76. The third kappa shape index (κ3) is 8.78. The van der Waals surface area contributed by atoms with Gasteiger partial charge in [-0.1, -0.05) is 19.8 Å². The Labute approximate surface area is 151 Å². The molecule has 0 radical (unpaired) electrons. The van der Waals surface area contributed by atoms with Gasteiger partial charge in [0.1, 0.15) is 18.1 Å².